The van der Waals surface area contributed by atoms with Crippen LogP contribution in [0.15, 0.2) is 57.7 Å². The highest BCUT2D eigenvalue weighted by Crippen LogP contribution is 2.26. The van der Waals surface area contributed by atoms with Crippen LogP contribution in [0.1, 0.15) is 13.8 Å². The van der Waals surface area contributed by atoms with Crippen LogP contribution in [0.4, 0.5) is 0 Å². The fourth-order valence-corrected chi connectivity index (χ4v) is 2.40. The highest BCUT2D eigenvalue weighted by atomic mass is 16.5. The summed E-state index contributed by atoms with van der Waals surface area (Å²) in [6.07, 6.45) is 0. The largest absolute Gasteiger partial charge is 0.427 e. The van der Waals surface area contributed by atoms with Gasteiger partial charge >= 0.3 is 17.6 Å². The highest BCUT2D eigenvalue weighted by molar-refractivity contribution is 5.84. The predicted octanol–water partition coefficient (Wildman–Crippen LogP) is 3.31. The van der Waals surface area contributed by atoms with Crippen molar-refractivity contribution in [2.24, 2.45) is 0 Å². The molecule has 2 aromatic carbocycles. The van der Waals surface area contributed by atoms with Crippen LogP contribution in [0.2, 0.25) is 0 Å². The van der Waals surface area contributed by atoms with Crippen LogP contribution < -0.4 is 15.1 Å². The molecule has 6 heteroatoms. The third-order valence-corrected chi connectivity index (χ3v) is 3.39. The molecule has 0 unspecified atom stereocenters. The summed E-state index contributed by atoms with van der Waals surface area (Å²) < 4.78 is 15.3. The van der Waals surface area contributed by atoms with E-state index in [0.717, 1.165) is 0 Å². The standard InChI is InChI=1S/C19H14O6/c1-11(20)23-15-5-3-13(4-6-15)17-10-14-9-16(24-12(2)21)7-8-18(14)25-19(17)22/h3-10H,1-2H3. The molecule has 0 spiro atoms. The quantitative estimate of drug-likeness (QED) is 0.414. The molecule has 0 radical (unpaired) electrons. The van der Waals surface area contributed by atoms with E-state index in [0.29, 0.717) is 33.6 Å². The number of carbonyl (C=O) groups excluding carboxylic acids is 2. The molecule has 0 aliphatic carbocycles. The highest BCUT2D eigenvalue weighted by Gasteiger charge is 2.10. The van der Waals surface area contributed by atoms with E-state index in [1.807, 2.05) is 0 Å². The van der Waals surface area contributed by atoms with E-state index in [2.05, 4.69) is 0 Å². The third-order valence-electron chi connectivity index (χ3n) is 3.39. The second kappa shape index (κ2) is 6.60. The first kappa shape index (κ1) is 16.4. The van der Waals surface area contributed by atoms with Gasteiger partial charge in [0.1, 0.15) is 17.1 Å². The van der Waals surface area contributed by atoms with E-state index in [9.17, 15) is 14.4 Å². The van der Waals surface area contributed by atoms with Crippen molar-refractivity contribution >= 4 is 22.9 Å². The molecule has 0 atom stereocenters. The molecule has 3 aromatic rings. The van der Waals surface area contributed by atoms with Gasteiger partial charge in [-0.05, 0) is 42.0 Å². The lowest BCUT2D eigenvalue weighted by atomic mass is 10.1. The second-order valence-corrected chi connectivity index (χ2v) is 5.36. The predicted molar refractivity (Wildman–Crippen MR) is 90.5 cm³/mol. The van der Waals surface area contributed by atoms with Crippen molar-refractivity contribution in [3.05, 3.63) is 59.0 Å². The average Bonchev–Trinajstić information content (AvgIpc) is 2.54. The van der Waals surface area contributed by atoms with Crippen LogP contribution in [-0.4, -0.2) is 11.9 Å². The maximum atomic E-state index is 12.2. The lowest BCUT2D eigenvalue weighted by molar-refractivity contribution is -0.132. The topological polar surface area (TPSA) is 82.8 Å². The van der Waals surface area contributed by atoms with Gasteiger partial charge in [0.05, 0.1) is 5.56 Å². The van der Waals surface area contributed by atoms with Crippen molar-refractivity contribution in [1.29, 1.82) is 0 Å². The van der Waals surface area contributed by atoms with E-state index in [-0.39, 0.29) is 0 Å². The van der Waals surface area contributed by atoms with Crippen molar-refractivity contribution in [3.63, 3.8) is 0 Å². The van der Waals surface area contributed by atoms with Crippen molar-refractivity contribution in [2.45, 2.75) is 13.8 Å². The van der Waals surface area contributed by atoms with Crippen LogP contribution in [0.25, 0.3) is 22.1 Å². The normalized spacial score (nSPS) is 10.5. The zero-order valence-corrected chi connectivity index (χ0v) is 13.6. The van der Waals surface area contributed by atoms with Gasteiger partial charge in [0.2, 0.25) is 0 Å². The zero-order chi connectivity index (χ0) is 18.0. The summed E-state index contributed by atoms with van der Waals surface area (Å²) in [6, 6.07) is 12.9. The van der Waals surface area contributed by atoms with Gasteiger partial charge < -0.3 is 13.9 Å². The number of benzene rings is 2. The molecule has 0 saturated carbocycles. The minimum Gasteiger partial charge on any atom is -0.427 e. The Kier molecular flexibility index (Phi) is 4.35. The summed E-state index contributed by atoms with van der Waals surface area (Å²) in [7, 11) is 0. The van der Waals surface area contributed by atoms with Crippen LogP contribution in [0.5, 0.6) is 11.5 Å². The maximum Gasteiger partial charge on any atom is 0.344 e. The Balaban J connectivity index is 2.02. The Morgan fingerprint density at radius 3 is 2.08 bits per heavy atom. The minimum absolute atomic E-state index is 0.349. The van der Waals surface area contributed by atoms with Crippen molar-refractivity contribution in [2.75, 3.05) is 0 Å². The van der Waals surface area contributed by atoms with Gasteiger partial charge in [0.15, 0.2) is 0 Å². The molecule has 6 nitrogen and oxygen atoms in total. The smallest absolute Gasteiger partial charge is 0.344 e. The van der Waals surface area contributed by atoms with Gasteiger partial charge in [-0.1, -0.05) is 12.1 Å². The molecule has 0 aliphatic heterocycles. The molecule has 0 fully saturated rings. The Labute approximate surface area is 142 Å². The molecule has 3 rings (SSSR count). The lowest BCUT2D eigenvalue weighted by Crippen LogP contribution is -2.04. The van der Waals surface area contributed by atoms with Gasteiger partial charge in [-0.3, -0.25) is 9.59 Å². The first-order chi connectivity index (χ1) is 11.9. The van der Waals surface area contributed by atoms with Crippen molar-refractivity contribution in [3.8, 4) is 22.6 Å². The summed E-state index contributed by atoms with van der Waals surface area (Å²) in [5, 5.41) is 0.623. The number of rotatable bonds is 3. The number of hydrogen-bond donors (Lipinski definition) is 0. The van der Waals surface area contributed by atoms with Gasteiger partial charge in [-0.15, -0.1) is 0 Å². The Hall–Kier alpha value is -3.41. The summed E-state index contributed by atoms with van der Waals surface area (Å²) in [5.74, 6) is -0.0995. The van der Waals surface area contributed by atoms with E-state index in [4.69, 9.17) is 13.9 Å². The molecule has 0 aliphatic rings. The van der Waals surface area contributed by atoms with Crippen molar-refractivity contribution in [1.82, 2.24) is 0 Å². The van der Waals surface area contributed by atoms with Crippen LogP contribution >= 0.6 is 0 Å². The average molecular weight is 338 g/mol. The molecule has 126 valence electrons. The molecule has 0 saturated heterocycles. The van der Waals surface area contributed by atoms with Gasteiger partial charge in [0, 0.05) is 19.2 Å². The lowest BCUT2D eigenvalue weighted by Gasteiger charge is -2.06. The molecule has 0 amide bonds. The van der Waals surface area contributed by atoms with E-state index < -0.39 is 17.6 Å². The van der Waals surface area contributed by atoms with Gasteiger partial charge in [-0.2, -0.15) is 0 Å². The summed E-state index contributed by atoms with van der Waals surface area (Å²) >= 11 is 0. The third kappa shape index (κ3) is 3.74. The number of carbonyl (C=O) groups is 2. The monoisotopic (exact) mass is 338 g/mol. The fourth-order valence-electron chi connectivity index (χ4n) is 2.40. The first-order valence-corrected chi connectivity index (χ1v) is 7.47. The molecule has 1 heterocycles. The molecule has 0 N–H and O–H groups in total. The van der Waals surface area contributed by atoms with Crippen LogP contribution in [0.3, 0.4) is 0 Å². The first-order valence-electron chi connectivity index (χ1n) is 7.47. The fraction of sp³-hybridized carbons (Fsp3) is 0.105. The van der Waals surface area contributed by atoms with Crippen LogP contribution in [0, 0.1) is 0 Å². The Morgan fingerprint density at radius 1 is 0.840 bits per heavy atom. The summed E-state index contributed by atoms with van der Waals surface area (Å²) in [4.78, 5) is 34.2. The molecule has 25 heavy (non-hydrogen) atoms. The Morgan fingerprint density at radius 2 is 1.44 bits per heavy atom. The SMILES string of the molecule is CC(=O)Oc1ccc(-c2cc3cc(OC(C)=O)ccc3oc2=O)cc1. The van der Waals surface area contributed by atoms with Gasteiger partial charge in [-0.25, -0.2) is 4.79 Å². The number of fused-ring (bicyclic) bond motifs is 1. The molecule has 0 bridgehead atoms. The molecular weight excluding hydrogens is 324 g/mol. The van der Waals surface area contributed by atoms with E-state index in [1.54, 1.807) is 48.5 Å². The number of hydrogen-bond acceptors (Lipinski definition) is 6. The van der Waals surface area contributed by atoms with Gasteiger partial charge in [0.25, 0.3) is 0 Å². The van der Waals surface area contributed by atoms with E-state index in [1.165, 1.54) is 13.8 Å². The second-order valence-electron chi connectivity index (χ2n) is 5.36. The molecule has 1 aromatic heterocycles. The van der Waals surface area contributed by atoms with Crippen LogP contribution in [-0.2, 0) is 9.59 Å². The maximum absolute atomic E-state index is 12.2. The zero-order valence-electron chi connectivity index (χ0n) is 13.6. The summed E-state index contributed by atoms with van der Waals surface area (Å²) in [6.45, 7) is 2.62. The number of ether oxygens (including phenoxy) is 2. The minimum atomic E-state index is -0.493. The molecular formula is C19H14O6. The van der Waals surface area contributed by atoms with Crippen molar-refractivity contribution < 1.29 is 23.5 Å². The number of esters is 2. The van der Waals surface area contributed by atoms with E-state index >= 15 is 0 Å². The summed E-state index contributed by atoms with van der Waals surface area (Å²) in [5.41, 5.74) is 0.862. The Bertz CT molecular complexity index is 1010.